The zero-order chi connectivity index (χ0) is 15.7. The standard InChI is InChI=1S/C17H21N3O2/c1-12-10-19(2)15-6-4-3-5-13(15)11-20(12)17(21)16-8-7-14(9-18)22-16/h3-8,12H,9-11,18H2,1-2H3. The molecular weight excluding hydrogens is 278 g/mol. The molecule has 1 aromatic heterocycles. The average molecular weight is 299 g/mol. The Morgan fingerprint density at radius 1 is 1.32 bits per heavy atom. The van der Waals surface area contributed by atoms with Crippen LogP contribution in [0, 0.1) is 0 Å². The van der Waals surface area contributed by atoms with Crippen molar-refractivity contribution in [3.63, 3.8) is 0 Å². The molecule has 0 aliphatic carbocycles. The summed E-state index contributed by atoms with van der Waals surface area (Å²) in [5, 5.41) is 0. The van der Waals surface area contributed by atoms with Crippen molar-refractivity contribution in [3.8, 4) is 0 Å². The second-order valence-electron chi connectivity index (χ2n) is 5.76. The predicted octanol–water partition coefficient (Wildman–Crippen LogP) is 2.22. The number of furan rings is 1. The summed E-state index contributed by atoms with van der Waals surface area (Å²) >= 11 is 0. The van der Waals surface area contributed by atoms with Crippen LogP contribution in [0.3, 0.4) is 0 Å². The molecule has 22 heavy (non-hydrogen) atoms. The van der Waals surface area contributed by atoms with Crippen molar-refractivity contribution in [1.29, 1.82) is 0 Å². The molecule has 2 aromatic rings. The van der Waals surface area contributed by atoms with E-state index < -0.39 is 0 Å². The van der Waals surface area contributed by atoms with Crippen LogP contribution >= 0.6 is 0 Å². The topological polar surface area (TPSA) is 62.7 Å². The Labute approximate surface area is 130 Å². The Hall–Kier alpha value is -2.27. The summed E-state index contributed by atoms with van der Waals surface area (Å²) in [5.41, 5.74) is 7.87. The molecule has 1 aliphatic heterocycles. The molecule has 116 valence electrons. The van der Waals surface area contributed by atoms with Crippen LogP contribution < -0.4 is 10.6 Å². The highest BCUT2D eigenvalue weighted by Gasteiger charge is 2.29. The average Bonchev–Trinajstić information content (AvgIpc) is 2.96. The van der Waals surface area contributed by atoms with Gasteiger partial charge in [0.1, 0.15) is 5.76 Å². The molecule has 2 N–H and O–H groups in total. The van der Waals surface area contributed by atoms with Crippen molar-refractivity contribution in [2.45, 2.75) is 26.1 Å². The minimum Gasteiger partial charge on any atom is -0.455 e. The lowest BCUT2D eigenvalue weighted by molar-refractivity contribution is 0.0652. The fourth-order valence-corrected chi connectivity index (χ4v) is 2.97. The summed E-state index contributed by atoms with van der Waals surface area (Å²) in [4.78, 5) is 16.8. The summed E-state index contributed by atoms with van der Waals surface area (Å²) in [6.07, 6.45) is 0. The normalized spacial score (nSPS) is 18.0. The van der Waals surface area contributed by atoms with Gasteiger partial charge in [-0.05, 0) is 30.7 Å². The SMILES string of the molecule is CC1CN(C)c2ccccc2CN1C(=O)c1ccc(CN)o1. The Bertz CT molecular complexity index is 680. The maximum Gasteiger partial charge on any atom is 0.290 e. The summed E-state index contributed by atoms with van der Waals surface area (Å²) in [5.74, 6) is 0.898. The van der Waals surface area contributed by atoms with E-state index in [1.54, 1.807) is 12.1 Å². The molecule has 1 amide bonds. The largest absolute Gasteiger partial charge is 0.455 e. The van der Waals surface area contributed by atoms with Crippen molar-refractivity contribution in [2.75, 3.05) is 18.5 Å². The summed E-state index contributed by atoms with van der Waals surface area (Å²) in [6, 6.07) is 11.7. The van der Waals surface area contributed by atoms with Crippen molar-refractivity contribution in [2.24, 2.45) is 5.73 Å². The number of likely N-dealkylation sites (N-methyl/N-ethyl adjacent to an activating group) is 1. The van der Waals surface area contributed by atoms with Gasteiger partial charge in [-0.15, -0.1) is 0 Å². The number of anilines is 1. The quantitative estimate of drug-likeness (QED) is 0.923. The number of hydrogen-bond donors (Lipinski definition) is 1. The Kier molecular flexibility index (Phi) is 3.90. The van der Waals surface area contributed by atoms with E-state index in [0.717, 1.165) is 12.1 Å². The van der Waals surface area contributed by atoms with Gasteiger partial charge in [0.15, 0.2) is 5.76 Å². The maximum atomic E-state index is 12.8. The first-order valence-corrected chi connectivity index (χ1v) is 7.49. The van der Waals surface area contributed by atoms with E-state index in [4.69, 9.17) is 10.2 Å². The van der Waals surface area contributed by atoms with E-state index in [-0.39, 0.29) is 11.9 Å². The van der Waals surface area contributed by atoms with Crippen LogP contribution in [-0.2, 0) is 13.1 Å². The molecule has 0 saturated heterocycles. The smallest absolute Gasteiger partial charge is 0.290 e. The number of carbonyl (C=O) groups is 1. The van der Waals surface area contributed by atoms with Crippen molar-refractivity contribution in [3.05, 3.63) is 53.5 Å². The number of fused-ring (bicyclic) bond motifs is 1. The van der Waals surface area contributed by atoms with Crippen LogP contribution in [0.2, 0.25) is 0 Å². The van der Waals surface area contributed by atoms with Gasteiger partial charge in [-0.25, -0.2) is 0 Å². The van der Waals surface area contributed by atoms with Crippen molar-refractivity contribution >= 4 is 11.6 Å². The number of para-hydroxylation sites is 1. The highest BCUT2D eigenvalue weighted by atomic mass is 16.4. The van der Waals surface area contributed by atoms with Crippen LogP contribution in [0.4, 0.5) is 5.69 Å². The highest BCUT2D eigenvalue weighted by molar-refractivity contribution is 5.92. The molecule has 0 fully saturated rings. The number of carbonyl (C=O) groups excluding carboxylic acids is 1. The van der Waals surface area contributed by atoms with E-state index in [1.807, 2.05) is 17.0 Å². The van der Waals surface area contributed by atoms with Crippen LogP contribution in [0.25, 0.3) is 0 Å². The minimum absolute atomic E-state index is 0.0858. The van der Waals surface area contributed by atoms with Gasteiger partial charge < -0.3 is 20.0 Å². The molecule has 0 radical (unpaired) electrons. The number of benzene rings is 1. The molecule has 0 spiro atoms. The van der Waals surface area contributed by atoms with Gasteiger partial charge in [0, 0.05) is 31.9 Å². The first kappa shape index (κ1) is 14.7. The molecule has 0 bridgehead atoms. The lowest BCUT2D eigenvalue weighted by atomic mass is 10.1. The third kappa shape index (κ3) is 2.60. The lowest BCUT2D eigenvalue weighted by Gasteiger charge is -2.27. The molecule has 1 unspecified atom stereocenters. The monoisotopic (exact) mass is 299 g/mol. The van der Waals surface area contributed by atoms with Gasteiger partial charge in [-0.1, -0.05) is 18.2 Å². The van der Waals surface area contributed by atoms with Gasteiger partial charge in [0.25, 0.3) is 5.91 Å². The van der Waals surface area contributed by atoms with E-state index in [2.05, 4.69) is 31.0 Å². The number of amides is 1. The third-order valence-corrected chi connectivity index (χ3v) is 4.15. The molecule has 0 saturated carbocycles. The minimum atomic E-state index is -0.0858. The van der Waals surface area contributed by atoms with E-state index in [9.17, 15) is 4.79 Å². The fourth-order valence-electron chi connectivity index (χ4n) is 2.97. The first-order valence-electron chi connectivity index (χ1n) is 7.49. The zero-order valence-corrected chi connectivity index (χ0v) is 13.0. The van der Waals surface area contributed by atoms with Crippen molar-refractivity contribution < 1.29 is 9.21 Å². The van der Waals surface area contributed by atoms with Crippen LogP contribution in [-0.4, -0.2) is 30.4 Å². The second-order valence-corrected chi connectivity index (χ2v) is 5.76. The van der Waals surface area contributed by atoms with Gasteiger partial charge >= 0.3 is 0 Å². The number of nitrogens with two attached hydrogens (primary N) is 1. The molecule has 5 heteroatoms. The van der Waals surface area contributed by atoms with Crippen LogP contribution in [0.1, 0.15) is 28.8 Å². The molecule has 2 heterocycles. The van der Waals surface area contributed by atoms with Crippen molar-refractivity contribution in [1.82, 2.24) is 4.90 Å². The summed E-state index contributed by atoms with van der Waals surface area (Å²) in [6.45, 7) is 3.73. The van der Waals surface area contributed by atoms with E-state index in [0.29, 0.717) is 24.6 Å². The molecule has 1 atom stereocenters. The molecule has 5 nitrogen and oxygen atoms in total. The van der Waals surface area contributed by atoms with Gasteiger partial charge in [0.05, 0.1) is 6.54 Å². The van der Waals surface area contributed by atoms with Gasteiger partial charge in [-0.3, -0.25) is 4.79 Å². The predicted molar refractivity (Wildman–Crippen MR) is 85.6 cm³/mol. The first-order chi connectivity index (χ1) is 10.6. The molecule has 3 rings (SSSR count). The van der Waals surface area contributed by atoms with E-state index in [1.165, 1.54) is 5.69 Å². The van der Waals surface area contributed by atoms with Gasteiger partial charge in [-0.2, -0.15) is 0 Å². The molecular formula is C17H21N3O2. The number of rotatable bonds is 2. The van der Waals surface area contributed by atoms with Crippen LogP contribution in [0.5, 0.6) is 0 Å². The Morgan fingerprint density at radius 2 is 2.09 bits per heavy atom. The lowest BCUT2D eigenvalue weighted by Crippen LogP contribution is -2.41. The number of hydrogen-bond acceptors (Lipinski definition) is 4. The fraction of sp³-hybridized carbons (Fsp3) is 0.353. The molecule has 1 aromatic carbocycles. The summed E-state index contributed by atoms with van der Waals surface area (Å²) in [7, 11) is 2.06. The highest BCUT2D eigenvalue weighted by Crippen LogP contribution is 2.27. The summed E-state index contributed by atoms with van der Waals surface area (Å²) < 4.78 is 5.52. The zero-order valence-electron chi connectivity index (χ0n) is 13.0. The maximum absolute atomic E-state index is 12.8. The number of nitrogens with zero attached hydrogens (tertiary/aromatic N) is 2. The van der Waals surface area contributed by atoms with Crippen LogP contribution in [0.15, 0.2) is 40.8 Å². The van der Waals surface area contributed by atoms with E-state index >= 15 is 0 Å². The second kappa shape index (κ2) is 5.85. The molecule has 1 aliphatic rings. The Balaban J connectivity index is 1.91. The third-order valence-electron chi connectivity index (χ3n) is 4.15. The van der Waals surface area contributed by atoms with Gasteiger partial charge in [0.2, 0.25) is 0 Å². The Morgan fingerprint density at radius 3 is 2.82 bits per heavy atom.